The summed E-state index contributed by atoms with van der Waals surface area (Å²) in [6.07, 6.45) is 8.97. The number of methoxy groups -OCH3 is 1. The normalized spacial score (nSPS) is 17.0. The van der Waals surface area contributed by atoms with E-state index in [1.165, 1.54) is 11.6 Å². The second kappa shape index (κ2) is 9.99. The summed E-state index contributed by atoms with van der Waals surface area (Å²) in [5.74, 6) is 0.0570. The summed E-state index contributed by atoms with van der Waals surface area (Å²) >= 11 is 0. The Balaban J connectivity index is 1.22. The van der Waals surface area contributed by atoms with Gasteiger partial charge in [0.2, 0.25) is 0 Å². The smallest absolute Gasteiger partial charge is 0.256 e. The highest BCUT2D eigenvalue weighted by Crippen LogP contribution is 2.31. The zero-order valence-electron chi connectivity index (χ0n) is 21.4. The van der Waals surface area contributed by atoms with Crippen molar-refractivity contribution in [3.63, 3.8) is 0 Å². The van der Waals surface area contributed by atoms with Gasteiger partial charge in [0.05, 0.1) is 24.2 Å². The maximum Gasteiger partial charge on any atom is 0.256 e. The number of allylic oxidation sites excluding steroid dienone is 1. The molecule has 0 aromatic carbocycles. The van der Waals surface area contributed by atoms with Gasteiger partial charge in [-0.25, -0.2) is 13.9 Å². The number of aromatic amines is 1. The van der Waals surface area contributed by atoms with Gasteiger partial charge in [0.25, 0.3) is 5.91 Å². The summed E-state index contributed by atoms with van der Waals surface area (Å²) in [5, 5.41) is 14.6. The van der Waals surface area contributed by atoms with E-state index in [1.54, 1.807) is 36.2 Å². The standard InChI is InChI=1S/C27H29FN8O2/c1-34-8-10-35(11-9-34)16-17-4-3-5-18(12-17)27(37)31-26-20-14-22(28)24(30-25(20)32-33-26)21-15-29-36-7-6-19(38-2)13-23(21)36/h5-7,12-15H,3-4,8-11,16H2,1-2H3,(H2,30,31,32,33,37). The Hall–Kier alpha value is -4.09. The number of rotatable bonds is 6. The molecule has 0 radical (unpaired) electrons. The van der Waals surface area contributed by atoms with Crippen LogP contribution >= 0.6 is 0 Å². The molecule has 38 heavy (non-hydrogen) atoms. The fourth-order valence-corrected chi connectivity index (χ4v) is 5.00. The van der Waals surface area contributed by atoms with Crippen LogP contribution in [-0.2, 0) is 4.79 Å². The third-order valence-electron chi connectivity index (χ3n) is 7.19. The molecule has 1 aliphatic heterocycles. The summed E-state index contributed by atoms with van der Waals surface area (Å²) in [4.78, 5) is 22.3. The first-order chi connectivity index (χ1) is 18.5. The molecule has 1 aliphatic carbocycles. The minimum Gasteiger partial charge on any atom is -0.497 e. The van der Waals surface area contributed by atoms with Crippen LogP contribution in [0.4, 0.5) is 10.2 Å². The van der Waals surface area contributed by atoms with E-state index >= 15 is 4.39 Å². The largest absolute Gasteiger partial charge is 0.497 e. The van der Waals surface area contributed by atoms with Gasteiger partial charge < -0.3 is 15.0 Å². The molecule has 1 fully saturated rings. The number of likely N-dealkylation sites (N-methyl/N-ethyl adjacent to an activating group) is 1. The van der Waals surface area contributed by atoms with E-state index < -0.39 is 5.82 Å². The van der Waals surface area contributed by atoms with Crippen LogP contribution in [0.5, 0.6) is 5.75 Å². The van der Waals surface area contributed by atoms with E-state index in [-0.39, 0.29) is 17.4 Å². The van der Waals surface area contributed by atoms with E-state index in [2.05, 4.69) is 42.4 Å². The van der Waals surface area contributed by atoms with Gasteiger partial charge in [0.15, 0.2) is 17.3 Å². The lowest BCUT2D eigenvalue weighted by Gasteiger charge is -2.33. The summed E-state index contributed by atoms with van der Waals surface area (Å²) in [6, 6.07) is 4.88. The van der Waals surface area contributed by atoms with Crippen LogP contribution in [0.2, 0.25) is 0 Å². The molecule has 4 aromatic rings. The Labute approximate surface area is 218 Å². The Morgan fingerprint density at radius 3 is 2.89 bits per heavy atom. The van der Waals surface area contributed by atoms with Gasteiger partial charge in [-0.15, -0.1) is 0 Å². The Morgan fingerprint density at radius 2 is 2.08 bits per heavy atom. The number of aromatic nitrogens is 5. The third-order valence-corrected chi connectivity index (χ3v) is 7.19. The Kier molecular flexibility index (Phi) is 6.38. The molecule has 2 aliphatic rings. The number of hydrogen-bond donors (Lipinski definition) is 2. The van der Waals surface area contributed by atoms with E-state index in [9.17, 15) is 4.79 Å². The predicted molar refractivity (Wildman–Crippen MR) is 143 cm³/mol. The number of nitrogens with zero attached hydrogens (tertiary/aromatic N) is 6. The first-order valence-corrected chi connectivity index (χ1v) is 12.7. The SMILES string of the molecule is COc1ccn2ncc(-c3nc4[nH]nc(NC(=O)C5=CCCC(CN6CCN(C)CC6)=C5)c4cc3F)c2c1. The Morgan fingerprint density at radius 1 is 1.24 bits per heavy atom. The number of anilines is 1. The summed E-state index contributed by atoms with van der Waals surface area (Å²) in [5.41, 5.74) is 3.52. The molecule has 0 spiro atoms. The van der Waals surface area contributed by atoms with Gasteiger partial charge in [-0.1, -0.05) is 11.6 Å². The molecule has 1 saturated heterocycles. The average molecular weight is 517 g/mol. The lowest BCUT2D eigenvalue weighted by molar-refractivity contribution is -0.112. The topological polar surface area (TPSA) is 104 Å². The van der Waals surface area contributed by atoms with Crippen LogP contribution in [-0.4, -0.2) is 87.4 Å². The van der Waals surface area contributed by atoms with Gasteiger partial charge in [-0.05, 0) is 38.1 Å². The second-order valence-electron chi connectivity index (χ2n) is 9.78. The van der Waals surface area contributed by atoms with Crippen LogP contribution < -0.4 is 10.1 Å². The van der Waals surface area contributed by atoms with Crippen molar-refractivity contribution in [2.24, 2.45) is 0 Å². The van der Waals surface area contributed by atoms with Crippen LogP contribution in [0.1, 0.15) is 12.8 Å². The van der Waals surface area contributed by atoms with E-state index in [4.69, 9.17) is 4.74 Å². The van der Waals surface area contributed by atoms with Crippen molar-refractivity contribution in [2.75, 3.05) is 52.2 Å². The molecule has 5 heterocycles. The second-order valence-corrected chi connectivity index (χ2v) is 9.78. The van der Waals surface area contributed by atoms with Crippen LogP contribution in [0, 0.1) is 5.82 Å². The summed E-state index contributed by atoms with van der Waals surface area (Å²) in [6.45, 7) is 5.04. The number of carbonyl (C=O) groups excluding carboxylic acids is 1. The van der Waals surface area contributed by atoms with Crippen molar-refractivity contribution in [1.29, 1.82) is 0 Å². The molecular formula is C27H29FN8O2. The average Bonchev–Trinajstić information content (AvgIpc) is 3.53. The zero-order chi connectivity index (χ0) is 26.2. The zero-order valence-corrected chi connectivity index (χ0v) is 21.4. The first-order valence-electron chi connectivity index (χ1n) is 12.7. The third kappa shape index (κ3) is 4.66. The number of carbonyl (C=O) groups is 1. The van der Waals surface area contributed by atoms with E-state index in [0.717, 1.165) is 45.6 Å². The molecule has 0 bridgehead atoms. The minimum atomic E-state index is -0.543. The van der Waals surface area contributed by atoms with Gasteiger partial charge >= 0.3 is 0 Å². The first kappa shape index (κ1) is 24.3. The predicted octanol–water partition coefficient (Wildman–Crippen LogP) is 3.25. The van der Waals surface area contributed by atoms with Crippen molar-refractivity contribution in [3.8, 4) is 17.0 Å². The quantitative estimate of drug-likeness (QED) is 0.406. The number of fused-ring (bicyclic) bond motifs is 2. The molecular weight excluding hydrogens is 487 g/mol. The fourth-order valence-electron chi connectivity index (χ4n) is 5.00. The lowest BCUT2D eigenvalue weighted by Crippen LogP contribution is -2.45. The molecule has 4 aromatic heterocycles. The number of hydrogen-bond acceptors (Lipinski definition) is 7. The maximum atomic E-state index is 15.3. The van der Waals surface area contributed by atoms with Crippen molar-refractivity contribution in [2.45, 2.75) is 12.8 Å². The molecule has 10 nitrogen and oxygen atoms in total. The van der Waals surface area contributed by atoms with Crippen molar-refractivity contribution < 1.29 is 13.9 Å². The van der Waals surface area contributed by atoms with Gasteiger partial charge in [0.1, 0.15) is 11.4 Å². The molecule has 196 valence electrons. The molecule has 11 heteroatoms. The lowest BCUT2D eigenvalue weighted by atomic mass is 9.98. The monoisotopic (exact) mass is 516 g/mol. The molecule has 0 saturated carbocycles. The maximum absolute atomic E-state index is 15.3. The molecule has 2 N–H and O–H groups in total. The molecule has 1 amide bonds. The van der Waals surface area contributed by atoms with Gasteiger partial charge in [0, 0.05) is 56.1 Å². The number of halogens is 1. The molecule has 0 atom stereocenters. The minimum absolute atomic E-state index is 0.133. The van der Waals surface area contributed by atoms with Gasteiger partial charge in [-0.2, -0.15) is 10.2 Å². The number of pyridine rings is 2. The van der Waals surface area contributed by atoms with Crippen molar-refractivity contribution in [1.82, 2.24) is 34.6 Å². The molecule has 6 rings (SSSR count). The number of piperazine rings is 1. The number of ether oxygens (including phenoxy) is 1. The Bertz CT molecular complexity index is 1580. The number of H-pyrrole nitrogens is 1. The van der Waals surface area contributed by atoms with E-state index in [0.29, 0.717) is 33.4 Å². The number of nitrogens with one attached hydrogen (secondary N) is 2. The van der Waals surface area contributed by atoms with Crippen LogP contribution in [0.25, 0.3) is 27.8 Å². The van der Waals surface area contributed by atoms with Crippen molar-refractivity contribution in [3.05, 3.63) is 59.7 Å². The van der Waals surface area contributed by atoms with Crippen LogP contribution in [0.3, 0.4) is 0 Å². The fraction of sp³-hybridized carbons (Fsp3) is 0.333. The summed E-state index contributed by atoms with van der Waals surface area (Å²) < 4.78 is 22.3. The number of amides is 1. The van der Waals surface area contributed by atoms with Gasteiger partial charge in [-0.3, -0.25) is 14.8 Å². The highest BCUT2D eigenvalue weighted by molar-refractivity contribution is 6.09. The van der Waals surface area contributed by atoms with E-state index in [1.807, 2.05) is 12.2 Å². The highest BCUT2D eigenvalue weighted by atomic mass is 19.1. The molecule has 0 unspecified atom stereocenters. The highest BCUT2D eigenvalue weighted by Gasteiger charge is 2.21. The summed E-state index contributed by atoms with van der Waals surface area (Å²) in [7, 11) is 3.71. The van der Waals surface area contributed by atoms with Crippen LogP contribution in [0.15, 0.2) is 53.9 Å². The van der Waals surface area contributed by atoms with Crippen molar-refractivity contribution >= 4 is 28.3 Å².